The van der Waals surface area contributed by atoms with Crippen LogP contribution in [0.2, 0.25) is 0 Å². The lowest BCUT2D eigenvalue weighted by atomic mass is 10.1. The Morgan fingerprint density at radius 2 is 2.07 bits per heavy atom. The standard InChI is InChI=1S/C19H21N7OS/c1-25-6-8-26(9-7-25)10-11-27-19-22-5-2-15(24-19)14(12-20)18-23-16-13-21-4-3-17(16)28-18/h2-5,13-14H,6-11H2,1H3. The van der Waals surface area contributed by atoms with Gasteiger partial charge in [0.2, 0.25) is 0 Å². The van der Waals surface area contributed by atoms with Crippen LogP contribution in [0.4, 0.5) is 0 Å². The van der Waals surface area contributed by atoms with Gasteiger partial charge in [-0.2, -0.15) is 10.2 Å². The number of aromatic nitrogens is 4. The molecule has 0 bridgehead atoms. The largest absolute Gasteiger partial charge is 0.462 e. The average Bonchev–Trinajstić information content (AvgIpc) is 3.14. The van der Waals surface area contributed by atoms with E-state index in [1.165, 1.54) is 11.3 Å². The molecule has 4 heterocycles. The molecule has 1 atom stereocenters. The molecule has 144 valence electrons. The minimum absolute atomic E-state index is 0.301. The van der Waals surface area contributed by atoms with Crippen LogP contribution in [-0.2, 0) is 0 Å². The molecule has 1 saturated heterocycles. The van der Waals surface area contributed by atoms with Gasteiger partial charge >= 0.3 is 6.01 Å². The van der Waals surface area contributed by atoms with E-state index < -0.39 is 5.92 Å². The molecule has 1 aliphatic rings. The van der Waals surface area contributed by atoms with Gasteiger partial charge in [0, 0.05) is 45.1 Å². The van der Waals surface area contributed by atoms with E-state index in [0.29, 0.717) is 23.3 Å². The van der Waals surface area contributed by atoms with E-state index in [9.17, 15) is 5.26 Å². The summed E-state index contributed by atoms with van der Waals surface area (Å²) < 4.78 is 6.75. The number of ether oxygens (including phenoxy) is 1. The van der Waals surface area contributed by atoms with E-state index in [1.54, 1.807) is 24.7 Å². The molecule has 0 saturated carbocycles. The molecular formula is C19H21N7OS. The number of hydrogen-bond donors (Lipinski definition) is 0. The Hall–Kier alpha value is -2.67. The highest BCUT2D eigenvalue weighted by atomic mass is 32.1. The Morgan fingerprint density at radius 3 is 2.86 bits per heavy atom. The van der Waals surface area contributed by atoms with Crippen LogP contribution in [-0.4, -0.2) is 76.1 Å². The van der Waals surface area contributed by atoms with E-state index >= 15 is 0 Å². The minimum Gasteiger partial charge on any atom is -0.462 e. The van der Waals surface area contributed by atoms with Crippen LogP contribution in [0.3, 0.4) is 0 Å². The van der Waals surface area contributed by atoms with E-state index in [2.05, 4.69) is 42.9 Å². The van der Waals surface area contributed by atoms with Crippen LogP contribution in [0.25, 0.3) is 10.2 Å². The van der Waals surface area contributed by atoms with Gasteiger partial charge in [0.25, 0.3) is 0 Å². The van der Waals surface area contributed by atoms with Crippen molar-refractivity contribution in [3.63, 3.8) is 0 Å². The number of hydrogen-bond acceptors (Lipinski definition) is 9. The Morgan fingerprint density at radius 1 is 1.21 bits per heavy atom. The fourth-order valence-electron chi connectivity index (χ4n) is 3.09. The number of likely N-dealkylation sites (N-methyl/N-ethyl adjacent to an activating group) is 1. The summed E-state index contributed by atoms with van der Waals surface area (Å²) in [6.07, 6.45) is 5.06. The predicted octanol–water partition coefficient (Wildman–Crippen LogP) is 1.76. The molecule has 3 aromatic rings. The number of fused-ring (bicyclic) bond motifs is 1. The van der Waals surface area contributed by atoms with Crippen LogP contribution in [0.5, 0.6) is 6.01 Å². The maximum atomic E-state index is 9.71. The monoisotopic (exact) mass is 395 g/mol. The Labute approximate surface area is 167 Å². The molecule has 8 nitrogen and oxygen atoms in total. The van der Waals surface area contributed by atoms with Gasteiger partial charge in [0.05, 0.1) is 28.2 Å². The van der Waals surface area contributed by atoms with Crippen molar-refractivity contribution in [2.75, 3.05) is 46.4 Å². The summed E-state index contributed by atoms with van der Waals surface area (Å²) in [5.74, 6) is -0.555. The van der Waals surface area contributed by atoms with E-state index in [1.807, 2.05) is 6.07 Å². The van der Waals surface area contributed by atoms with E-state index in [-0.39, 0.29) is 0 Å². The molecule has 0 aromatic carbocycles. The molecule has 1 fully saturated rings. The van der Waals surface area contributed by atoms with Crippen LogP contribution < -0.4 is 4.74 Å². The summed E-state index contributed by atoms with van der Waals surface area (Å²) in [4.78, 5) is 22.0. The fraction of sp³-hybridized carbons (Fsp3) is 0.421. The van der Waals surface area contributed by atoms with Crippen LogP contribution >= 0.6 is 11.3 Å². The minimum atomic E-state index is -0.555. The Bertz CT molecular complexity index is 945. The lowest BCUT2D eigenvalue weighted by Crippen LogP contribution is -2.45. The highest BCUT2D eigenvalue weighted by Crippen LogP contribution is 2.30. The Balaban J connectivity index is 1.42. The molecule has 0 amide bonds. The second-order valence-corrected chi connectivity index (χ2v) is 7.78. The lowest BCUT2D eigenvalue weighted by molar-refractivity contribution is 0.131. The first-order chi connectivity index (χ1) is 13.7. The van der Waals surface area contributed by atoms with Gasteiger partial charge in [-0.25, -0.2) is 9.97 Å². The van der Waals surface area contributed by atoms with Gasteiger partial charge in [-0.1, -0.05) is 0 Å². The van der Waals surface area contributed by atoms with Crippen LogP contribution in [0.1, 0.15) is 16.6 Å². The highest BCUT2D eigenvalue weighted by Gasteiger charge is 2.21. The number of nitrogens with zero attached hydrogens (tertiary/aromatic N) is 7. The summed E-state index contributed by atoms with van der Waals surface area (Å²) >= 11 is 1.48. The molecular weight excluding hydrogens is 374 g/mol. The third-order valence-corrected chi connectivity index (χ3v) is 5.87. The first-order valence-corrected chi connectivity index (χ1v) is 10.0. The fourth-order valence-corrected chi connectivity index (χ4v) is 4.08. The van der Waals surface area contributed by atoms with Gasteiger partial charge in [0.1, 0.15) is 17.5 Å². The molecule has 28 heavy (non-hydrogen) atoms. The zero-order chi connectivity index (χ0) is 19.3. The highest BCUT2D eigenvalue weighted by molar-refractivity contribution is 7.18. The molecule has 0 N–H and O–H groups in total. The second kappa shape index (κ2) is 8.56. The zero-order valence-corrected chi connectivity index (χ0v) is 16.5. The molecule has 0 radical (unpaired) electrons. The van der Waals surface area contributed by atoms with Gasteiger partial charge in [0.15, 0.2) is 0 Å². The van der Waals surface area contributed by atoms with E-state index in [4.69, 9.17) is 4.74 Å². The summed E-state index contributed by atoms with van der Waals surface area (Å²) in [7, 11) is 2.14. The third kappa shape index (κ3) is 4.25. The lowest BCUT2D eigenvalue weighted by Gasteiger charge is -2.32. The van der Waals surface area contributed by atoms with Crippen molar-refractivity contribution in [3.8, 4) is 12.1 Å². The maximum absolute atomic E-state index is 9.71. The third-order valence-electron chi connectivity index (χ3n) is 4.77. The summed E-state index contributed by atoms with van der Waals surface area (Å²) in [6, 6.07) is 6.25. The summed E-state index contributed by atoms with van der Waals surface area (Å²) in [5.41, 5.74) is 1.39. The quantitative estimate of drug-likeness (QED) is 0.624. The van der Waals surface area contributed by atoms with Crippen molar-refractivity contribution in [1.29, 1.82) is 5.26 Å². The Kier molecular flexibility index (Phi) is 5.71. The van der Waals surface area contributed by atoms with Gasteiger partial charge in [-0.05, 0) is 19.2 Å². The molecule has 9 heteroatoms. The van der Waals surface area contributed by atoms with Crippen molar-refractivity contribution in [2.45, 2.75) is 5.92 Å². The second-order valence-electron chi connectivity index (χ2n) is 6.72. The molecule has 1 unspecified atom stereocenters. The normalized spacial score (nSPS) is 16.7. The number of thiazole rings is 1. The number of pyridine rings is 1. The van der Waals surface area contributed by atoms with Crippen LogP contribution in [0.15, 0.2) is 30.7 Å². The maximum Gasteiger partial charge on any atom is 0.316 e. The van der Waals surface area contributed by atoms with Gasteiger partial charge in [-0.3, -0.25) is 9.88 Å². The molecule has 3 aromatic heterocycles. The smallest absolute Gasteiger partial charge is 0.316 e. The number of piperazine rings is 1. The summed E-state index contributed by atoms with van der Waals surface area (Å²) in [6.45, 7) is 5.61. The predicted molar refractivity (Wildman–Crippen MR) is 106 cm³/mol. The first kappa shape index (κ1) is 18.7. The summed E-state index contributed by atoms with van der Waals surface area (Å²) in [5, 5.41) is 10.4. The SMILES string of the molecule is CN1CCN(CCOc2nccc(C(C#N)c3nc4cnccc4s3)n2)CC1. The molecule has 4 rings (SSSR count). The van der Waals surface area contributed by atoms with Crippen molar-refractivity contribution in [2.24, 2.45) is 0 Å². The van der Waals surface area contributed by atoms with Crippen LogP contribution in [0, 0.1) is 11.3 Å². The van der Waals surface area contributed by atoms with Crippen molar-refractivity contribution in [1.82, 2.24) is 29.7 Å². The average molecular weight is 395 g/mol. The topological polar surface area (TPSA) is 91.1 Å². The van der Waals surface area contributed by atoms with E-state index in [0.717, 1.165) is 42.9 Å². The van der Waals surface area contributed by atoms with Gasteiger partial charge < -0.3 is 9.64 Å². The van der Waals surface area contributed by atoms with Crippen molar-refractivity contribution in [3.05, 3.63) is 41.4 Å². The van der Waals surface area contributed by atoms with Crippen molar-refractivity contribution < 1.29 is 4.74 Å². The number of rotatable bonds is 6. The molecule has 1 aliphatic heterocycles. The van der Waals surface area contributed by atoms with Crippen molar-refractivity contribution >= 4 is 21.6 Å². The molecule has 0 spiro atoms. The first-order valence-electron chi connectivity index (χ1n) is 9.19. The molecule has 0 aliphatic carbocycles. The zero-order valence-electron chi connectivity index (χ0n) is 15.7. The van der Waals surface area contributed by atoms with Gasteiger partial charge in [-0.15, -0.1) is 11.3 Å². The number of nitriles is 1.